The summed E-state index contributed by atoms with van der Waals surface area (Å²) in [6, 6.07) is 21.9. The number of carbonyl (C=O) groups excluding carboxylic acids is 1. The van der Waals surface area contributed by atoms with Crippen molar-refractivity contribution < 1.29 is 41.5 Å². The maximum absolute atomic E-state index is 15.4. The quantitative estimate of drug-likeness (QED) is 0.0795. The number of amides is 1. The van der Waals surface area contributed by atoms with Gasteiger partial charge in [-0.3, -0.25) is 19.8 Å². The number of rotatable bonds is 12. The first-order valence-corrected chi connectivity index (χ1v) is 26.9. The number of hydrogen-bond acceptors (Lipinski definition) is 14. The zero-order valence-electron chi connectivity index (χ0n) is 40.8. The number of aromatic nitrogens is 2. The van der Waals surface area contributed by atoms with Crippen molar-refractivity contribution in [1.82, 2.24) is 19.6 Å². The summed E-state index contributed by atoms with van der Waals surface area (Å²) in [5.74, 6) is -0.149. The highest BCUT2D eigenvalue weighted by atomic mass is 32.2. The van der Waals surface area contributed by atoms with E-state index in [2.05, 4.69) is 67.8 Å². The molecule has 1 amide bonds. The molecule has 11 rings (SSSR count). The summed E-state index contributed by atoms with van der Waals surface area (Å²) in [4.78, 5) is 40.9. The van der Waals surface area contributed by atoms with Crippen LogP contribution in [0.2, 0.25) is 0 Å². The molecule has 3 aromatic carbocycles. The first kappa shape index (κ1) is 48.4. The summed E-state index contributed by atoms with van der Waals surface area (Å²) < 4.78 is 69.8. The van der Waals surface area contributed by atoms with E-state index in [1.54, 1.807) is 12.3 Å². The predicted octanol–water partition coefficient (Wildman–Crippen LogP) is 8.54. The highest BCUT2D eigenvalue weighted by Crippen LogP contribution is 2.54. The smallest absolute Gasteiger partial charge is 0.293 e. The van der Waals surface area contributed by atoms with Crippen molar-refractivity contribution in [2.75, 3.05) is 80.9 Å². The average molecular weight is 1010 g/mol. The van der Waals surface area contributed by atoms with Crippen LogP contribution in [0.4, 0.5) is 32.8 Å². The van der Waals surface area contributed by atoms with Crippen LogP contribution in [0.15, 0.2) is 83.9 Å². The molecule has 4 saturated heterocycles. The number of H-pyrrole nitrogens is 1. The third-order valence-electron chi connectivity index (χ3n) is 16.1. The van der Waals surface area contributed by atoms with Crippen LogP contribution in [0, 0.1) is 15.5 Å². The van der Waals surface area contributed by atoms with Gasteiger partial charge in [-0.25, -0.2) is 17.5 Å². The van der Waals surface area contributed by atoms with Crippen molar-refractivity contribution >= 4 is 55.4 Å². The number of sulfonamides is 1. The molecular weight excluding hydrogens is 944 g/mol. The van der Waals surface area contributed by atoms with Crippen LogP contribution in [0.1, 0.15) is 98.7 Å². The Morgan fingerprint density at radius 2 is 1.72 bits per heavy atom. The van der Waals surface area contributed by atoms with E-state index in [4.69, 9.17) is 23.9 Å². The van der Waals surface area contributed by atoms with Gasteiger partial charge in [0.15, 0.2) is 0 Å². The molecule has 3 N–H and O–H groups in total. The zero-order valence-corrected chi connectivity index (χ0v) is 41.6. The van der Waals surface area contributed by atoms with E-state index in [0.29, 0.717) is 54.5 Å². The molecular formula is C53H63FN8O9S. The normalized spacial score (nSPS) is 23.4. The summed E-state index contributed by atoms with van der Waals surface area (Å²) in [7, 11) is -4.68. The molecule has 72 heavy (non-hydrogen) atoms. The minimum atomic E-state index is -4.68. The molecule has 0 unspecified atom stereocenters. The fraction of sp³-hybridized carbons (Fsp3) is 0.509. The summed E-state index contributed by atoms with van der Waals surface area (Å²) >= 11 is 0. The third kappa shape index (κ3) is 9.38. The van der Waals surface area contributed by atoms with Gasteiger partial charge in [-0.1, -0.05) is 38.1 Å². The average Bonchev–Trinajstić information content (AvgIpc) is 3.69. The number of pyridine rings is 1. The third-order valence-corrected chi connectivity index (χ3v) is 17.5. The van der Waals surface area contributed by atoms with Gasteiger partial charge in [0.2, 0.25) is 5.88 Å². The van der Waals surface area contributed by atoms with Crippen molar-refractivity contribution in [3.05, 3.63) is 106 Å². The van der Waals surface area contributed by atoms with E-state index in [9.17, 15) is 23.3 Å². The SMILES string of the molecule is CC(C)c1ccccc1[C@@H]1COCCCN1C1CC2(CCN(c3ccc(C(=O)NS(=O)(=O)c4ccc(NCC5(F)CCOCC5)c([N+](=O)[O-])c4)c(N4c5cc6cc[nH]c6nc5O[C@H]5COCC[C@@H]54)c3)CC2)C1. The Morgan fingerprint density at radius 1 is 0.931 bits per heavy atom. The number of anilines is 4. The van der Waals surface area contributed by atoms with Crippen LogP contribution in [-0.4, -0.2) is 124 Å². The molecule has 2 aromatic heterocycles. The van der Waals surface area contributed by atoms with Crippen LogP contribution in [0.3, 0.4) is 0 Å². The highest BCUT2D eigenvalue weighted by molar-refractivity contribution is 7.90. The Bertz CT molecular complexity index is 2950. The summed E-state index contributed by atoms with van der Waals surface area (Å²) in [6.45, 7) is 9.61. The Morgan fingerprint density at radius 3 is 2.51 bits per heavy atom. The van der Waals surface area contributed by atoms with Gasteiger partial charge >= 0.3 is 0 Å². The second-order valence-electron chi connectivity index (χ2n) is 20.9. The number of fused-ring (bicyclic) bond motifs is 3. The number of piperidine rings is 1. The van der Waals surface area contributed by atoms with Gasteiger partial charge in [-0.05, 0) is 103 Å². The van der Waals surface area contributed by atoms with Gasteiger partial charge in [0.25, 0.3) is 21.6 Å². The number of ether oxygens (including phenoxy) is 4. The van der Waals surface area contributed by atoms with Gasteiger partial charge in [-0.15, -0.1) is 0 Å². The van der Waals surface area contributed by atoms with Gasteiger partial charge in [0, 0.05) is 94.8 Å². The number of nitrogens with zero attached hydrogens (tertiary/aromatic N) is 5. The van der Waals surface area contributed by atoms with Crippen molar-refractivity contribution in [3.63, 3.8) is 0 Å². The highest BCUT2D eigenvalue weighted by Gasteiger charge is 2.50. The molecule has 0 radical (unpaired) electrons. The second-order valence-corrected chi connectivity index (χ2v) is 22.6. The number of aromatic amines is 1. The van der Waals surface area contributed by atoms with Crippen molar-refractivity contribution in [1.29, 1.82) is 0 Å². The second kappa shape index (κ2) is 19.5. The molecule has 5 aromatic rings. The van der Waals surface area contributed by atoms with Gasteiger partial charge in [0.1, 0.15) is 28.8 Å². The number of benzene rings is 3. The fourth-order valence-electron chi connectivity index (χ4n) is 12.1. The van der Waals surface area contributed by atoms with Crippen molar-refractivity contribution in [3.8, 4) is 5.88 Å². The van der Waals surface area contributed by atoms with E-state index < -0.39 is 43.2 Å². The molecule has 1 saturated carbocycles. The molecule has 7 heterocycles. The monoisotopic (exact) mass is 1010 g/mol. The van der Waals surface area contributed by atoms with Crippen molar-refractivity contribution in [2.24, 2.45) is 5.41 Å². The molecule has 17 nitrogen and oxygen atoms in total. The molecule has 6 aliphatic rings. The number of hydrogen-bond donors (Lipinski definition) is 3. The minimum absolute atomic E-state index is 0.0426. The largest absolute Gasteiger partial charge is 0.468 e. The fourth-order valence-corrected chi connectivity index (χ4v) is 13.1. The molecule has 5 fully saturated rings. The Labute approximate surface area is 418 Å². The molecule has 5 aliphatic heterocycles. The standard InChI is InChI=1S/C53H63FN8O9S/c1-34(2)39-6-3-4-7-40(39)47-31-69-22-5-19-60(47)37-29-52(30-37)14-20-59(21-15-52)36-8-10-41(44(27-36)61-43-13-23-70-32-48(43)71-51-46(61)26-35-12-18-55-49(35)57-51)50(63)58-72(66,67)38-9-11-42(45(28-38)62(64)65)56-33-53(54)16-24-68-25-17-53/h3-4,6-12,18,26-28,34,37,43,47-48,56H,5,13-17,19-25,29-33H2,1-2H3,(H,55,57)(H,58,63)/t43-,47-,48-/m0/s1. The van der Waals surface area contributed by atoms with Crippen LogP contribution in [-0.2, 0) is 24.2 Å². The zero-order chi connectivity index (χ0) is 49.8. The number of nitrogens with one attached hydrogen (secondary N) is 3. The lowest BCUT2D eigenvalue weighted by Crippen LogP contribution is -2.56. The van der Waals surface area contributed by atoms with Gasteiger partial charge in [-0.2, -0.15) is 4.98 Å². The molecule has 0 bridgehead atoms. The van der Waals surface area contributed by atoms with Crippen LogP contribution < -0.4 is 24.6 Å². The number of alkyl halides is 1. The lowest BCUT2D eigenvalue weighted by atomic mass is 9.59. The maximum Gasteiger partial charge on any atom is 0.293 e. The van der Waals surface area contributed by atoms with E-state index in [-0.39, 0.29) is 68.0 Å². The van der Waals surface area contributed by atoms with Gasteiger partial charge in [0.05, 0.1) is 46.4 Å². The lowest BCUT2D eigenvalue weighted by molar-refractivity contribution is -0.384. The van der Waals surface area contributed by atoms with Gasteiger partial charge < -0.3 is 39.0 Å². The first-order valence-electron chi connectivity index (χ1n) is 25.5. The van der Waals surface area contributed by atoms with E-state index >= 15 is 4.39 Å². The lowest BCUT2D eigenvalue weighted by Gasteiger charge is -2.56. The van der Waals surface area contributed by atoms with E-state index in [1.165, 1.54) is 23.3 Å². The van der Waals surface area contributed by atoms with Crippen molar-refractivity contribution in [2.45, 2.75) is 106 Å². The topological polar surface area (TPSA) is 194 Å². The molecule has 1 aliphatic carbocycles. The summed E-state index contributed by atoms with van der Waals surface area (Å²) in [5, 5.41) is 15.9. The summed E-state index contributed by atoms with van der Waals surface area (Å²) in [6.07, 6.45) is 7.46. The molecule has 1 spiro atoms. The molecule has 382 valence electrons. The van der Waals surface area contributed by atoms with Crippen LogP contribution in [0.5, 0.6) is 5.88 Å². The maximum atomic E-state index is 15.4. The first-order chi connectivity index (χ1) is 34.8. The van der Waals surface area contributed by atoms with E-state index in [1.807, 2.05) is 24.3 Å². The number of halogens is 1. The Hall–Kier alpha value is -5.86. The number of carbonyl (C=O) groups is 1. The predicted molar refractivity (Wildman–Crippen MR) is 271 cm³/mol. The Kier molecular flexibility index (Phi) is 13.1. The Balaban J connectivity index is 0.875. The minimum Gasteiger partial charge on any atom is -0.468 e. The number of nitro benzene ring substituents is 1. The van der Waals surface area contributed by atoms with Crippen LogP contribution in [0.25, 0.3) is 11.0 Å². The van der Waals surface area contributed by atoms with E-state index in [0.717, 1.165) is 75.5 Å². The summed E-state index contributed by atoms with van der Waals surface area (Å²) in [5.41, 5.74) is 3.44. The molecule has 19 heteroatoms. The van der Waals surface area contributed by atoms with Crippen LogP contribution >= 0.6 is 0 Å². The molecule has 3 atom stereocenters. The number of nitro groups is 1.